The summed E-state index contributed by atoms with van der Waals surface area (Å²) >= 11 is 6.39. The maximum absolute atomic E-state index is 12.6. The van der Waals surface area contributed by atoms with Crippen molar-refractivity contribution < 1.29 is 9.90 Å². The van der Waals surface area contributed by atoms with Crippen LogP contribution in [0.1, 0.15) is 51.4 Å². The van der Waals surface area contributed by atoms with Crippen LogP contribution in [0, 0.1) is 5.92 Å². The van der Waals surface area contributed by atoms with E-state index in [0.717, 1.165) is 17.3 Å². The van der Waals surface area contributed by atoms with Crippen molar-refractivity contribution in [1.82, 2.24) is 4.57 Å². The molecule has 4 N–H and O–H groups in total. The number of anilines is 1. The highest BCUT2D eigenvalue weighted by Crippen LogP contribution is 2.33. The molecule has 0 spiro atoms. The molecule has 0 bridgehead atoms. The van der Waals surface area contributed by atoms with Gasteiger partial charge in [-0.05, 0) is 24.5 Å². The molecule has 1 unspecified atom stereocenters. The number of carbonyl (C=O) groups excluding carboxylic acids is 1. The number of aliphatic hydroxyl groups is 1. The highest BCUT2D eigenvalue weighted by atomic mass is 35.5. The summed E-state index contributed by atoms with van der Waals surface area (Å²) in [5.74, 6) is 0.695. The van der Waals surface area contributed by atoms with Gasteiger partial charge in [-0.15, -0.1) is 0 Å². The molecule has 0 aliphatic heterocycles. The zero-order valence-electron chi connectivity index (χ0n) is 15.8. The van der Waals surface area contributed by atoms with Crippen molar-refractivity contribution in [2.75, 3.05) is 11.9 Å². The van der Waals surface area contributed by atoms with Crippen molar-refractivity contribution in [3.63, 3.8) is 0 Å². The number of aromatic nitrogens is 1. The highest BCUT2D eigenvalue weighted by Gasteiger charge is 2.17. The van der Waals surface area contributed by atoms with E-state index >= 15 is 0 Å². The summed E-state index contributed by atoms with van der Waals surface area (Å²) in [6, 6.07) is 5.62. The molecule has 6 heteroatoms. The fraction of sp³-hybridized carbons (Fsp3) is 0.571. The summed E-state index contributed by atoms with van der Waals surface area (Å²) in [6.07, 6.45) is 10.4. The molecule has 1 heterocycles. The molecular formula is C21H30ClN3O2. The van der Waals surface area contributed by atoms with Crippen LogP contribution >= 0.6 is 11.6 Å². The minimum atomic E-state index is -0.640. The first kappa shape index (κ1) is 20.2. The summed E-state index contributed by atoms with van der Waals surface area (Å²) in [6.45, 7) is 0.550. The van der Waals surface area contributed by atoms with Gasteiger partial charge >= 0.3 is 0 Å². The van der Waals surface area contributed by atoms with E-state index in [1.807, 2.05) is 29.0 Å². The minimum absolute atomic E-state index is 0.0255. The average molecular weight is 392 g/mol. The Balaban J connectivity index is 1.70. The van der Waals surface area contributed by atoms with E-state index in [1.54, 1.807) is 0 Å². The van der Waals surface area contributed by atoms with Gasteiger partial charge in [0.05, 0.1) is 22.3 Å². The number of hydrogen-bond acceptors (Lipinski definition) is 3. The van der Waals surface area contributed by atoms with Crippen LogP contribution in [0.3, 0.4) is 0 Å². The zero-order valence-corrected chi connectivity index (χ0v) is 16.5. The molecule has 2 aromatic rings. The molecule has 1 atom stereocenters. The first-order valence-electron chi connectivity index (χ1n) is 10.0. The van der Waals surface area contributed by atoms with Gasteiger partial charge in [0.2, 0.25) is 5.91 Å². The highest BCUT2D eigenvalue weighted by molar-refractivity contribution is 6.36. The van der Waals surface area contributed by atoms with Gasteiger partial charge in [0, 0.05) is 31.1 Å². The molecule has 1 aromatic carbocycles. The molecule has 1 aliphatic rings. The Morgan fingerprint density at radius 2 is 2.04 bits per heavy atom. The van der Waals surface area contributed by atoms with Crippen molar-refractivity contribution >= 4 is 34.1 Å². The van der Waals surface area contributed by atoms with E-state index in [-0.39, 0.29) is 12.5 Å². The third-order valence-electron chi connectivity index (χ3n) is 5.56. The number of benzene rings is 1. The smallest absolute Gasteiger partial charge is 0.224 e. The number of nitrogens with two attached hydrogens (primary N) is 1. The lowest BCUT2D eigenvalue weighted by molar-refractivity contribution is -0.116. The predicted octanol–water partition coefficient (Wildman–Crippen LogP) is 4.30. The number of fused-ring (bicyclic) bond motifs is 1. The van der Waals surface area contributed by atoms with Crippen LogP contribution < -0.4 is 11.1 Å². The molecule has 1 aromatic heterocycles. The Hall–Kier alpha value is -1.56. The summed E-state index contributed by atoms with van der Waals surface area (Å²) in [5, 5.41) is 14.4. The monoisotopic (exact) mass is 391 g/mol. The molecular weight excluding hydrogens is 362 g/mol. The average Bonchev–Trinajstić information content (AvgIpc) is 2.84. The fourth-order valence-electron chi connectivity index (χ4n) is 4.06. The van der Waals surface area contributed by atoms with Crippen molar-refractivity contribution in [2.45, 2.75) is 64.0 Å². The van der Waals surface area contributed by atoms with E-state index in [0.29, 0.717) is 29.6 Å². The topological polar surface area (TPSA) is 80.3 Å². The second kappa shape index (κ2) is 9.58. The van der Waals surface area contributed by atoms with Crippen molar-refractivity contribution in [3.8, 4) is 0 Å². The summed E-state index contributed by atoms with van der Waals surface area (Å²) in [5.41, 5.74) is 7.13. The molecule has 148 valence electrons. The van der Waals surface area contributed by atoms with Crippen molar-refractivity contribution in [2.24, 2.45) is 11.7 Å². The van der Waals surface area contributed by atoms with E-state index in [2.05, 4.69) is 5.32 Å². The van der Waals surface area contributed by atoms with Crippen LogP contribution in [0.5, 0.6) is 0 Å². The van der Waals surface area contributed by atoms with Gasteiger partial charge in [-0.25, -0.2) is 0 Å². The summed E-state index contributed by atoms with van der Waals surface area (Å²) in [4.78, 5) is 12.6. The molecule has 1 saturated carbocycles. The lowest BCUT2D eigenvalue weighted by atomic mass is 9.95. The van der Waals surface area contributed by atoms with Crippen molar-refractivity contribution in [1.29, 1.82) is 0 Å². The fourth-order valence-corrected chi connectivity index (χ4v) is 4.33. The number of rotatable bonds is 7. The second-order valence-corrected chi connectivity index (χ2v) is 8.07. The lowest BCUT2D eigenvalue weighted by Gasteiger charge is -2.13. The largest absolute Gasteiger partial charge is 0.390 e. The van der Waals surface area contributed by atoms with Gasteiger partial charge in [0.15, 0.2) is 0 Å². The Morgan fingerprint density at radius 1 is 1.30 bits per heavy atom. The molecule has 5 nitrogen and oxygen atoms in total. The first-order valence-corrected chi connectivity index (χ1v) is 10.4. The third kappa shape index (κ3) is 5.24. The number of nitrogens with one attached hydrogen (secondary N) is 1. The van der Waals surface area contributed by atoms with Crippen LogP contribution in [0.25, 0.3) is 10.9 Å². The van der Waals surface area contributed by atoms with Gasteiger partial charge in [-0.3, -0.25) is 4.79 Å². The van der Waals surface area contributed by atoms with Gasteiger partial charge in [0.25, 0.3) is 0 Å². The Morgan fingerprint density at radius 3 is 2.74 bits per heavy atom. The normalized spacial score (nSPS) is 17.0. The maximum Gasteiger partial charge on any atom is 0.224 e. The summed E-state index contributed by atoms with van der Waals surface area (Å²) < 4.78 is 1.90. The van der Waals surface area contributed by atoms with Gasteiger partial charge in [-0.2, -0.15) is 0 Å². The Bertz CT molecular complexity index is 766. The van der Waals surface area contributed by atoms with Crippen LogP contribution in [0.2, 0.25) is 5.02 Å². The number of aliphatic hydroxyl groups excluding tert-OH is 1. The van der Waals surface area contributed by atoms with Gasteiger partial charge < -0.3 is 20.7 Å². The van der Waals surface area contributed by atoms with Crippen LogP contribution in [-0.4, -0.2) is 28.2 Å². The Labute approximate surface area is 165 Å². The predicted molar refractivity (Wildman–Crippen MR) is 111 cm³/mol. The molecule has 3 rings (SSSR count). The number of amides is 1. The maximum atomic E-state index is 12.6. The quantitative estimate of drug-likeness (QED) is 0.615. The molecule has 0 saturated heterocycles. The molecule has 0 radical (unpaired) electrons. The summed E-state index contributed by atoms with van der Waals surface area (Å²) in [7, 11) is 0. The van der Waals surface area contributed by atoms with Crippen LogP contribution in [0.4, 0.5) is 5.69 Å². The standard InChI is InChI=1S/C21H30ClN3O2/c22-17-8-5-9-19-21(17)18(14-25(19)13-16(26)12-23)24-20(27)11-10-15-6-3-1-2-4-7-15/h5,8-9,14-16,26H,1-4,6-7,10-13,23H2,(H,24,27). The Kier molecular flexibility index (Phi) is 7.16. The molecule has 27 heavy (non-hydrogen) atoms. The minimum Gasteiger partial charge on any atom is -0.390 e. The van der Waals surface area contributed by atoms with Crippen LogP contribution in [0.15, 0.2) is 24.4 Å². The molecule has 1 fully saturated rings. The van der Waals surface area contributed by atoms with E-state index in [9.17, 15) is 9.90 Å². The van der Waals surface area contributed by atoms with E-state index in [1.165, 1.54) is 38.5 Å². The number of halogens is 1. The second-order valence-electron chi connectivity index (χ2n) is 7.66. The number of hydrogen-bond donors (Lipinski definition) is 3. The first-order chi connectivity index (χ1) is 13.1. The van der Waals surface area contributed by atoms with Gasteiger partial charge in [-0.1, -0.05) is 56.2 Å². The molecule has 1 aliphatic carbocycles. The number of nitrogens with zero attached hydrogens (tertiary/aromatic N) is 1. The van der Waals surface area contributed by atoms with E-state index < -0.39 is 6.10 Å². The van der Waals surface area contributed by atoms with Gasteiger partial charge in [0.1, 0.15) is 0 Å². The number of carbonyl (C=O) groups is 1. The zero-order chi connectivity index (χ0) is 19.2. The SMILES string of the molecule is NCC(O)Cn1cc(NC(=O)CCC2CCCCCC2)c2c(Cl)cccc21. The molecule has 1 amide bonds. The van der Waals surface area contributed by atoms with Crippen LogP contribution in [-0.2, 0) is 11.3 Å². The lowest BCUT2D eigenvalue weighted by Crippen LogP contribution is -2.24. The van der Waals surface area contributed by atoms with Crippen molar-refractivity contribution in [3.05, 3.63) is 29.4 Å². The third-order valence-corrected chi connectivity index (χ3v) is 5.88. The van der Waals surface area contributed by atoms with E-state index in [4.69, 9.17) is 17.3 Å².